The molecule has 1 aromatic heterocycles. The quantitative estimate of drug-likeness (QED) is 0.778. The van der Waals surface area contributed by atoms with Gasteiger partial charge in [-0.15, -0.1) is 11.3 Å². The molecule has 1 heterocycles. The zero-order valence-electron chi connectivity index (χ0n) is 13.6. The maximum atomic E-state index is 12.6. The first-order chi connectivity index (χ1) is 11.3. The number of hydrogen-bond donors (Lipinski definition) is 2. The zero-order chi connectivity index (χ0) is 17.9. The number of aryl methyl sites for hydroxylation is 1. The number of aromatic nitrogens is 1. The SMILES string of the molecule is CCN(CC)S(=O)(=O)c1cccc(Nc2sc(C)nc2C(=O)O)c1. The number of carbonyl (C=O) groups is 1. The van der Waals surface area contributed by atoms with E-state index in [1.807, 2.05) is 0 Å². The largest absolute Gasteiger partial charge is 0.476 e. The Morgan fingerprint density at radius 1 is 1.33 bits per heavy atom. The molecule has 0 amide bonds. The van der Waals surface area contributed by atoms with Crippen LogP contribution >= 0.6 is 11.3 Å². The summed E-state index contributed by atoms with van der Waals surface area (Å²) >= 11 is 1.20. The van der Waals surface area contributed by atoms with Crippen molar-refractivity contribution in [2.45, 2.75) is 25.7 Å². The molecule has 0 spiro atoms. The fraction of sp³-hybridized carbons (Fsp3) is 0.333. The highest BCUT2D eigenvalue weighted by molar-refractivity contribution is 7.89. The lowest BCUT2D eigenvalue weighted by Gasteiger charge is -2.18. The van der Waals surface area contributed by atoms with E-state index in [4.69, 9.17) is 0 Å². The first-order valence-corrected chi connectivity index (χ1v) is 9.63. The molecule has 0 unspecified atom stereocenters. The van der Waals surface area contributed by atoms with Gasteiger partial charge in [0.25, 0.3) is 0 Å². The summed E-state index contributed by atoms with van der Waals surface area (Å²) in [6.45, 7) is 6.04. The van der Waals surface area contributed by atoms with E-state index < -0.39 is 16.0 Å². The maximum Gasteiger partial charge on any atom is 0.357 e. The van der Waals surface area contributed by atoms with Gasteiger partial charge in [0.1, 0.15) is 5.00 Å². The number of carboxylic acids is 1. The molecular weight excluding hydrogens is 350 g/mol. The number of nitrogens with zero attached hydrogens (tertiary/aromatic N) is 2. The van der Waals surface area contributed by atoms with Crippen LogP contribution in [0, 0.1) is 6.92 Å². The Hall–Kier alpha value is -1.97. The van der Waals surface area contributed by atoms with Crippen molar-refractivity contribution in [2.24, 2.45) is 0 Å². The predicted octanol–water partition coefficient (Wildman–Crippen LogP) is 2.92. The molecule has 0 saturated carbocycles. The lowest BCUT2D eigenvalue weighted by Crippen LogP contribution is -2.30. The fourth-order valence-electron chi connectivity index (χ4n) is 2.23. The van der Waals surface area contributed by atoms with Crippen LogP contribution in [-0.4, -0.2) is 41.9 Å². The summed E-state index contributed by atoms with van der Waals surface area (Å²) < 4.78 is 26.5. The standard InChI is InChI=1S/C15H19N3O4S2/c1-4-18(5-2)24(21,22)12-8-6-7-11(9-12)17-14-13(15(19)20)16-10(3)23-14/h6-9,17H,4-5H2,1-3H3,(H,19,20). The van der Waals surface area contributed by atoms with Crippen LogP contribution in [0.2, 0.25) is 0 Å². The second-order valence-electron chi connectivity index (χ2n) is 4.96. The number of sulfonamides is 1. The zero-order valence-corrected chi connectivity index (χ0v) is 15.2. The van der Waals surface area contributed by atoms with Gasteiger partial charge in [0, 0.05) is 18.8 Å². The summed E-state index contributed by atoms with van der Waals surface area (Å²) in [6, 6.07) is 6.32. The summed E-state index contributed by atoms with van der Waals surface area (Å²) in [6.07, 6.45) is 0. The lowest BCUT2D eigenvalue weighted by atomic mass is 10.3. The lowest BCUT2D eigenvalue weighted by molar-refractivity contribution is 0.0692. The Morgan fingerprint density at radius 3 is 2.58 bits per heavy atom. The van der Waals surface area contributed by atoms with Crippen molar-refractivity contribution in [1.82, 2.24) is 9.29 Å². The minimum Gasteiger partial charge on any atom is -0.476 e. The van der Waals surface area contributed by atoms with Crippen LogP contribution in [0.5, 0.6) is 0 Å². The van der Waals surface area contributed by atoms with E-state index >= 15 is 0 Å². The first-order valence-electron chi connectivity index (χ1n) is 7.37. The van der Waals surface area contributed by atoms with Crippen molar-refractivity contribution >= 4 is 38.0 Å². The second-order valence-corrected chi connectivity index (χ2v) is 8.10. The molecule has 0 saturated heterocycles. The number of thiazole rings is 1. The summed E-state index contributed by atoms with van der Waals surface area (Å²) in [5.41, 5.74) is 0.420. The van der Waals surface area contributed by atoms with Gasteiger partial charge in [0.2, 0.25) is 10.0 Å². The van der Waals surface area contributed by atoms with E-state index in [1.54, 1.807) is 32.9 Å². The van der Waals surface area contributed by atoms with Gasteiger partial charge in [-0.2, -0.15) is 4.31 Å². The van der Waals surface area contributed by atoms with E-state index in [2.05, 4.69) is 10.3 Å². The number of aromatic carboxylic acids is 1. The Balaban J connectivity index is 2.37. The van der Waals surface area contributed by atoms with E-state index in [0.29, 0.717) is 28.8 Å². The molecule has 2 rings (SSSR count). The number of rotatable bonds is 7. The number of nitrogens with one attached hydrogen (secondary N) is 1. The summed E-state index contributed by atoms with van der Waals surface area (Å²) in [5.74, 6) is -1.13. The van der Waals surface area contributed by atoms with Crippen LogP contribution in [-0.2, 0) is 10.0 Å². The number of carboxylic acid groups (broad SMARTS) is 1. The van der Waals surface area contributed by atoms with Crippen molar-refractivity contribution in [1.29, 1.82) is 0 Å². The van der Waals surface area contributed by atoms with Gasteiger partial charge in [-0.1, -0.05) is 19.9 Å². The molecule has 24 heavy (non-hydrogen) atoms. The van der Waals surface area contributed by atoms with Gasteiger partial charge in [-0.05, 0) is 25.1 Å². The van der Waals surface area contributed by atoms with Crippen LogP contribution in [0.3, 0.4) is 0 Å². The number of hydrogen-bond acceptors (Lipinski definition) is 6. The summed E-state index contributed by atoms with van der Waals surface area (Å²) in [5, 5.41) is 13.1. The van der Waals surface area contributed by atoms with Gasteiger partial charge < -0.3 is 10.4 Å². The van der Waals surface area contributed by atoms with Crippen LogP contribution in [0.25, 0.3) is 0 Å². The van der Waals surface area contributed by atoms with Crippen LogP contribution in [0.1, 0.15) is 29.3 Å². The molecule has 0 atom stereocenters. The highest BCUT2D eigenvalue weighted by atomic mass is 32.2. The molecule has 2 aromatic rings. The third-order valence-corrected chi connectivity index (χ3v) is 6.30. The van der Waals surface area contributed by atoms with E-state index in [-0.39, 0.29) is 10.6 Å². The predicted molar refractivity (Wildman–Crippen MR) is 93.6 cm³/mol. The molecule has 0 radical (unpaired) electrons. The summed E-state index contributed by atoms with van der Waals surface area (Å²) in [4.78, 5) is 15.3. The molecule has 0 fully saturated rings. The molecular formula is C15H19N3O4S2. The fourth-order valence-corrected chi connectivity index (χ4v) is 4.57. The normalized spacial score (nSPS) is 11.7. The molecule has 7 nitrogen and oxygen atoms in total. The Labute approximate surface area is 145 Å². The van der Waals surface area contributed by atoms with E-state index in [9.17, 15) is 18.3 Å². The molecule has 2 N–H and O–H groups in total. The number of benzene rings is 1. The average molecular weight is 369 g/mol. The minimum absolute atomic E-state index is 0.0745. The highest BCUT2D eigenvalue weighted by Gasteiger charge is 2.22. The van der Waals surface area contributed by atoms with Crippen LogP contribution in [0.15, 0.2) is 29.2 Å². The Bertz CT molecular complexity index is 842. The average Bonchev–Trinajstić information content (AvgIpc) is 2.89. The van der Waals surface area contributed by atoms with E-state index in [1.165, 1.54) is 27.8 Å². The van der Waals surface area contributed by atoms with Crippen molar-refractivity contribution in [3.63, 3.8) is 0 Å². The topological polar surface area (TPSA) is 99.6 Å². The van der Waals surface area contributed by atoms with Crippen LogP contribution < -0.4 is 5.32 Å². The monoisotopic (exact) mass is 369 g/mol. The molecule has 0 aliphatic heterocycles. The van der Waals surface area contributed by atoms with Gasteiger partial charge in [-0.3, -0.25) is 0 Å². The first kappa shape index (κ1) is 18.4. The Morgan fingerprint density at radius 2 is 2.00 bits per heavy atom. The molecule has 1 aromatic carbocycles. The molecule has 0 aliphatic carbocycles. The third kappa shape index (κ3) is 3.74. The number of anilines is 2. The minimum atomic E-state index is -3.57. The molecule has 0 aliphatic rings. The smallest absolute Gasteiger partial charge is 0.357 e. The molecule has 9 heteroatoms. The van der Waals surface area contributed by atoms with E-state index in [0.717, 1.165) is 0 Å². The molecule has 130 valence electrons. The maximum absolute atomic E-state index is 12.6. The van der Waals surface area contributed by atoms with Gasteiger partial charge in [-0.25, -0.2) is 18.2 Å². The second kappa shape index (κ2) is 7.29. The van der Waals surface area contributed by atoms with Crippen molar-refractivity contribution in [3.05, 3.63) is 35.0 Å². The summed E-state index contributed by atoms with van der Waals surface area (Å²) in [7, 11) is -3.57. The van der Waals surface area contributed by atoms with Crippen molar-refractivity contribution < 1.29 is 18.3 Å². The van der Waals surface area contributed by atoms with Crippen LogP contribution in [0.4, 0.5) is 10.7 Å². The van der Waals surface area contributed by atoms with Gasteiger partial charge in [0.15, 0.2) is 5.69 Å². The van der Waals surface area contributed by atoms with Crippen molar-refractivity contribution in [3.8, 4) is 0 Å². The third-order valence-electron chi connectivity index (χ3n) is 3.37. The van der Waals surface area contributed by atoms with Gasteiger partial charge >= 0.3 is 5.97 Å². The van der Waals surface area contributed by atoms with Crippen molar-refractivity contribution in [2.75, 3.05) is 18.4 Å². The highest BCUT2D eigenvalue weighted by Crippen LogP contribution is 2.29. The molecule has 0 bridgehead atoms. The Kier molecular flexibility index (Phi) is 5.58. The van der Waals surface area contributed by atoms with Gasteiger partial charge in [0.05, 0.1) is 9.90 Å².